The standard InChI is InChI=1S/C25H24ClN3O3/c26-21-7-3-5-19(15-21)18-32-23-9-4-6-20(16-23)25(31)29-13-11-28(12-14-29)24(30)17-22-8-1-2-10-27-22/h1-10,15-16H,11-14,17-18H2. The number of aromatic nitrogens is 1. The number of pyridine rings is 1. The third kappa shape index (κ3) is 5.65. The molecule has 1 aromatic heterocycles. The molecule has 0 spiro atoms. The predicted molar refractivity (Wildman–Crippen MR) is 123 cm³/mol. The third-order valence-electron chi connectivity index (χ3n) is 5.35. The summed E-state index contributed by atoms with van der Waals surface area (Å²) in [6, 6.07) is 20.2. The number of amides is 2. The number of nitrogens with zero attached hydrogens (tertiary/aromatic N) is 3. The molecular formula is C25H24ClN3O3. The summed E-state index contributed by atoms with van der Waals surface area (Å²) in [5, 5.41) is 0.660. The van der Waals surface area contributed by atoms with Crippen LogP contribution in [0.25, 0.3) is 0 Å². The van der Waals surface area contributed by atoms with E-state index in [2.05, 4.69) is 4.98 Å². The van der Waals surface area contributed by atoms with Crippen molar-refractivity contribution in [1.29, 1.82) is 0 Å². The first-order valence-corrected chi connectivity index (χ1v) is 10.9. The molecule has 0 saturated carbocycles. The SMILES string of the molecule is O=C(Cc1ccccn1)N1CCN(C(=O)c2cccc(OCc3cccc(Cl)c3)c2)CC1. The number of ether oxygens (including phenoxy) is 1. The first kappa shape index (κ1) is 21.8. The summed E-state index contributed by atoms with van der Waals surface area (Å²) in [5.41, 5.74) is 2.29. The van der Waals surface area contributed by atoms with Crippen molar-refractivity contribution in [3.63, 3.8) is 0 Å². The molecule has 0 unspecified atom stereocenters. The van der Waals surface area contributed by atoms with E-state index in [1.165, 1.54) is 0 Å². The molecular weight excluding hydrogens is 426 g/mol. The van der Waals surface area contributed by atoms with E-state index < -0.39 is 0 Å². The van der Waals surface area contributed by atoms with Crippen LogP contribution < -0.4 is 4.74 Å². The fourth-order valence-electron chi connectivity index (χ4n) is 3.62. The zero-order valence-electron chi connectivity index (χ0n) is 17.6. The molecule has 1 aliphatic rings. The van der Waals surface area contributed by atoms with Gasteiger partial charge < -0.3 is 14.5 Å². The highest BCUT2D eigenvalue weighted by atomic mass is 35.5. The molecule has 1 aliphatic heterocycles. The summed E-state index contributed by atoms with van der Waals surface area (Å²) in [7, 11) is 0. The molecule has 0 aliphatic carbocycles. The van der Waals surface area contributed by atoms with Crippen molar-refractivity contribution in [1.82, 2.24) is 14.8 Å². The Morgan fingerprint density at radius 1 is 0.906 bits per heavy atom. The minimum atomic E-state index is -0.0602. The molecule has 0 N–H and O–H groups in total. The minimum absolute atomic E-state index is 0.0345. The summed E-state index contributed by atoms with van der Waals surface area (Å²) >= 11 is 6.02. The molecule has 32 heavy (non-hydrogen) atoms. The Labute approximate surface area is 192 Å². The second kappa shape index (κ2) is 10.3. The molecule has 0 radical (unpaired) electrons. The van der Waals surface area contributed by atoms with Crippen molar-refractivity contribution in [2.45, 2.75) is 13.0 Å². The van der Waals surface area contributed by atoms with Crippen LogP contribution in [-0.2, 0) is 17.8 Å². The topological polar surface area (TPSA) is 62.7 Å². The fraction of sp³-hybridized carbons (Fsp3) is 0.240. The average molecular weight is 450 g/mol. The fourth-order valence-corrected chi connectivity index (χ4v) is 3.84. The normalized spacial score (nSPS) is 13.7. The van der Waals surface area contributed by atoms with E-state index in [4.69, 9.17) is 16.3 Å². The maximum atomic E-state index is 13.0. The van der Waals surface area contributed by atoms with Gasteiger partial charge in [-0.3, -0.25) is 14.6 Å². The van der Waals surface area contributed by atoms with Gasteiger partial charge in [-0.05, 0) is 48.0 Å². The van der Waals surface area contributed by atoms with Crippen molar-refractivity contribution in [3.05, 3.63) is 94.8 Å². The Morgan fingerprint density at radius 3 is 2.44 bits per heavy atom. The Hall–Kier alpha value is -3.38. The van der Waals surface area contributed by atoms with E-state index in [-0.39, 0.29) is 18.2 Å². The smallest absolute Gasteiger partial charge is 0.254 e. The first-order chi connectivity index (χ1) is 15.6. The number of benzene rings is 2. The highest BCUT2D eigenvalue weighted by molar-refractivity contribution is 6.30. The Bertz CT molecular complexity index is 1080. The summed E-state index contributed by atoms with van der Waals surface area (Å²) < 4.78 is 5.84. The van der Waals surface area contributed by atoms with Gasteiger partial charge in [0.15, 0.2) is 0 Å². The van der Waals surface area contributed by atoms with E-state index in [1.807, 2.05) is 54.6 Å². The molecule has 6 nitrogen and oxygen atoms in total. The quantitative estimate of drug-likeness (QED) is 0.573. The van der Waals surface area contributed by atoms with Crippen molar-refractivity contribution in [3.8, 4) is 5.75 Å². The van der Waals surface area contributed by atoms with Gasteiger partial charge in [0.1, 0.15) is 12.4 Å². The summed E-state index contributed by atoms with van der Waals surface area (Å²) in [6.45, 7) is 2.40. The minimum Gasteiger partial charge on any atom is -0.489 e. The van der Waals surface area contributed by atoms with Crippen LogP contribution in [0.3, 0.4) is 0 Å². The van der Waals surface area contributed by atoms with Crippen LogP contribution in [0.4, 0.5) is 0 Å². The third-order valence-corrected chi connectivity index (χ3v) is 5.59. The number of hydrogen-bond donors (Lipinski definition) is 0. The van der Waals surface area contributed by atoms with Gasteiger partial charge in [-0.25, -0.2) is 0 Å². The van der Waals surface area contributed by atoms with Gasteiger partial charge in [0.2, 0.25) is 5.91 Å². The van der Waals surface area contributed by atoms with E-state index >= 15 is 0 Å². The molecule has 2 aromatic carbocycles. The first-order valence-electron chi connectivity index (χ1n) is 10.5. The summed E-state index contributed by atoms with van der Waals surface area (Å²) in [6.07, 6.45) is 1.97. The molecule has 164 valence electrons. The maximum Gasteiger partial charge on any atom is 0.254 e. The average Bonchev–Trinajstić information content (AvgIpc) is 2.83. The van der Waals surface area contributed by atoms with Gasteiger partial charge in [-0.1, -0.05) is 35.9 Å². The van der Waals surface area contributed by atoms with Crippen LogP contribution in [0.2, 0.25) is 5.02 Å². The van der Waals surface area contributed by atoms with Gasteiger partial charge in [-0.15, -0.1) is 0 Å². The molecule has 4 rings (SSSR count). The highest BCUT2D eigenvalue weighted by Crippen LogP contribution is 2.19. The van der Waals surface area contributed by atoms with Gasteiger partial charge in [0, 0.05) is 48.7 Å². The predicted octanol–water partition coefficient (Wildman–Crippen LogP) is 3.84. The lowest BCUT2D eigenvalue weighted by Crippen LogP contribution is -2.51. The second-order valence-electron chi connectivity index (χ2n) is 7.62. The van der Waals surface area contributed by atoms with Crippen LogP contribution >= 0.6 is 11.6 Å². The van der Waals surface area contributed by atoms with E-state index in [0.29, 0.717) is 49.1 Å². The van der Waals surface area contributed by atoms with Crippen molar-refractivity contribution in [2.24, 2.45) is 0 Å². The molecule has 3 aromatic rings. The molecule has 2 amide bonds. The zero-order chi connectivity index (χ0) is 22.3. The molecule has 7 heteroatoms. The van der Waals surface area contributed by atoms with Gasteiger partial charge in [-0.2, -0.15) is 0 Å². The molecule has 1 saturated heterocycles. The number of carbonyl (C=O) groups is 2. The van der Waals surface area contributed by atoms with Crippen molar-refractivity contribution < 1.29 is 14.3 Å². The largest absolute Gasteiger partial charge is 0.489 e. The molecule has 0 atom stereocenters. The number of piperazine rings is 1. The molecule has 2 heterocycles. The number of carbonyl (C=O) groups excluding carboxylic acids is 2. The Kier molecular flexibility index (Phi) is 7.02. The van der Waals surface area contributed by atoms with Crippen LogP contribution in [-0.4, -0.2) is 52.8 Å². The molecule has 1 fully saturated rings. The molecule has 0 bridgehead atoms. The number of rotatable bonds is 6. The van der Waals surface area contributed by atoms with Crippen LogP contribution in [0.15, 0.2) is 72.9 Å². The van der Waals surface area contributed by atoms with E-state index in [0.717, 1.165) is 11.3 Å². The lowest BCUT2D eigenvalue weighted by atomic mass is 10.1. The van der Waals surface area contributed by atoms with Crippen LogP contribution in [0.1, 0.15) is 21.6 Å². The Morgan fingerprint density at radius 2 is 1.69 bits per heavy atom. The van der Waals surface area contributed by atoms with Crippen LogP contribution in [0, 0.1) is 0 Å². The van der Waals surface area contributed by atoms with Crippen LogP contribution in [0.5, 0.6) is 5.75 Å². The van der Waals surface area contributed by atoms with Crippen molar-refractivity contribution in [2.75, 3.05) is 26.2 Å². The lowest BCUT2D eigenvalue weighted by molar-refractivity contribution is -0.132. The van der Waals surface area contributed by atoms with E-state index in [9.17, 15) is 9.59 Å². The van der Waals surface area contributed by atoms with Gasteiger partial charge in [0.05, 0.1) is 6.42 Å². The number of halogens is 1. The van der Waals surface area contributed by atoms with Crippen molar-refractivity contribution >= 4 is 23.4 Å². The summed E-state index contributed by atoms with van der Waals surface area (Å²) in [5.74, 6) is 0.599. The second-order valence-corrected chi connectivity index (χ2v) is 8.05. The Balaban J connectivity index is 1.31. The summed E-state index contributed by atoms with van der Waals surface area (Å²) in [4.78, 5) is 33.3. The van der Waals surface area contributed by atoms with Gasteiger partial charge >= 0.3 is 0 Å². The monoisotopic (exact) mass is 449 g/mol. The number of hydrogen-bond acceptors (Lipinski definition) is 4. The maximum absolute atomic E-state index is 13.0. The highest BCUT2D eigenvalue weighted by Gasteiger charge is 2.25. The lowest BCUT2D eigenvalue weighted by Gasteiger charge is -2.35. The van der Waals surface area contributed by atoms with E-state index in [1.54, 1.807) is 28.1 Å². The zero-order valence-corrected chi connectivity index (χ0v) is 18.4. The van der Waals surface area contributed by atoms with Gasteiger partial charge in [0.25, 0.3) is 5.91 Å².